The van der Waals surface area contributed by atoms with Crippen molar-refractivity contribution >= 4 is 17.3 Å². The fourth-order valence-corrected chi connectivity index (χ4v) is 1.72. The minimum atomic E-state index is -0.619. The predicted molar refractivity (Wildman–Crippen MR) is 73.3 cm³/mol. The molecule has 4 N–H and O–H groups in total. The van der Waals surface area contributed by atoms with Gasteiger partial charge in [-0.3, -0.25) is 20.8 Å². The highest BCUT2D eigenvalue weighted by Gasteiger charge is 2.17. The van der Waals surface area contributed by atoms with Gasteiger partial charge in [0.25, 0.3) is 11.6 Å². The third-order valence-electron chi connectivity index (χ3n) is 2.71. The van der Waals surface area contributed by atoms with E-state index in [1.165, 1.54) is 12.1 Å². The van der Waals surface area contributed by atoms with Crippen molar-refractivity contribution in [3.63, 3.8) is 0 Å². The fourth-order valence-electron chi connectivity index (χ4n) is 1.72. The normalized spacial score (nSPS) is 10.2. The lowest BCUT2D eigenvalue weighted by atomic mass is 10.1. The van der Waals surface area contributed by atoms with E-state index in [1.807, 2.05) is 0 Å². The highest BCUT2D eigenvalue weighted by atomic mass is 16.6. The Morgan fingerprint density at radius 2 is 2.24 bits per heavy atom. The molecule has 0 aliphatic heterocycles. The number of nitrogen functional groups attached to an aromatic ring is 1. The van der Waals surface area contributed by atoms with Crippen molar-refractivity contribution in [1.29, 1.82) is 0 Å². The van der Waals surface area contributed by atoms with Gasteiger partial charge in [0.1, 0.15) is 5.69 Å². The number of aryl methyl sites for hydroxylation is 1. The zero-order valence-electron chi connectivity index (χ0n) is 11.1. The van der Waals surface area contributed by atoms with Crippen LogP contribution in [0.1, 0.15) is 21.8 Å². The summed E-state index contributed by atoms with van der Waals surface area (Å²) in [4.78, 5) is 22.2. The first-order valence-electron chi connectivity index (χ1n) is 5.96. The number of nitro benzene ring substituents is 1. The topological polar surface area (TPSA) is 136 Å². The zero-order chi connectivity index (χ0) is 15.4. The summed E-state index contributed by atoms with van der Waals surface area (Å²) in [7, 11) is 0. The molecule has 0 atom stereocenters. The van der Waals surface area contributed by atoms with Crippen LogP contribution in [0.3, 0.4) is 0 Å². The smallest absolute Gasteiger partial charge is 0.294 e. The van der Waals surface area contributed by atoms with Gasteiger partial charge in [-0.15, -0.1) is 0 Å². The number of rotatable bonds is 5. The van der Waals surface area contributed by atoms with Gasteiger partial charge < -0.3 is 15.3 Å². The molecule has 0 unspecified atom stereocenters. The van der Waals surface area contributed by atoms with Gasteiger partial charge in [0.15, 0.2) is 5.76 Å². The minimum Gasteiger partial charge on any atom is -0.359 e. The van der Waals surface area contributed by atoms with Gasteiger partial charge >= 0.3 is 0 Å². The molecule has 1 aromatic heterocycles. The van der Waals surface area contributed by atoms with Crippen LogP contribution in [0.4, 0.5) is 11.4 Å². The van der Waals surface area contributed by atoms with Gasteiger partial charge in [0.2, 0.25) is 0 Å². The standard InChI is InChI=1S/C12H13N5O4/c1-7-4-9(21-16-7)6-14-12(18)8-2-3-10(15-13)11(5-8)17(19)20/h2-5,15H,6,13H2,1H3,(H,14,18). The highest BCUT2D eigenvalue weighted by molar-refractivity contribution is 5.95. The van der Waals surface area contributed by atoms with E-state index in [4.69, 9.17) is 10.4 Å². The molecule has 0 aliphatic carbocycles. The van der Waals surface area contributed by atoms with E-state index in [9.17, 15) is 14.9 Å². The predicted octanol–water partition coefficient (Wildman–Crippen LogP) is 1.11. The van der Waals surface area contributed by atoms with Gasteiger partial charge in [0, 0.05) is 17.7 Å². The second-order valence-electron chi connectivity index (χ2n) is 4.25. The molecule has 0 aliphatic rings. The maximum atomic E-state index is 12.0. The molecule has 0 bridgehead atoms. The van der Waals surface area contributed by atoms with Crippen LogP contribution < -0.4 is 16.6 Å². The summed E-state index contributed by atoms with van der Waals surface area (Å²) in [5.74, 6) is 5.21. The molecule has 1 amide bonds. The Bertz CT molecular complexity index is 682. The maximum absolute atomic E-state index is 12.0. The summed E-state index contributed by atoms with van der Waals surface area (Å²) in [6, 6.07) is 5.63. The molecule has 21 heavy (non-hydrogen) atoms. The molecule has 2 rings (SSSR count). The van der Waals surface area contributed by atoms with Gasteiger partial charge in [-0.25, -0.2) is 0 Å². The Labute approximate surface area is 119 Å². The first-order valence-corrected chi connectivity index (χ1v) is 5.96. The number of nitrogens with two attached hydrogens (primary N) is 1. The lowest BCUT2D eigenvalue weighted by Gasteiger charge is -2.05. The number of hydrogen-bond acceptors (Lipinski definition) is 7. The Morgan fingerprint density at radius 3 is 2.81 bits per heavy atom. The fraction of sp³-hybridized carbons (Fsp3) is 0.167. The molecule has 1 heterocycles. The molecule has 9 heteroatoms. The summed E-state index contributed by atoms with van der Waals surface area (Å²) in [5.41, 5.74) is 2.91. The second kappa shape index (κ2) is 6.01. The third kappa shape index (κ3) is 3.34. The minimum absolute atomic E-state index is 0.127. The quantitative estimate of drug-likeness (QED) is 0.426. The summed E-state index contributed by atoms with van der Waals surface area (Å²) >= 11 is 0. The SMILES string of the molecule is Cc1cc(CNC(=O)c2ccc(NN)c([N+](=O)[O-])c2)on1. The van der Waals surface area contributed by atoms with Gasteiger partial charge in [-0.05, 0) is 19.1 Å². The molecule has 0 radical (unpaired) electrons. The first-order chi connectivity index (χ1) is 10.0. The van der Waals surface area contributed by atoms with Crippen molar-refractivity contribution in [3.05, 3.63) is 51.4 Å². The van der Waals surface area contributed by atoms with Crippen LogP contribution in [-0.4, -0.2) is 16.0 Å². The van der Waals surface area contributed by atoms with E-state index in [2.05, 4.69) is 15.9 Å². The van der Waals surface area contributed by atoms with Gasteiger partial charge in [-0.2, -0.15) is 0 Å². The number of aromatic nitrogens is 1. The molecule has 1 aromatic carbocycles. The second-order valence-corrected chi connectivity index (χ2v) is 4.25. The van der Waals surface area contributed by atoms with Crippen molar-refractivity contribution in [3.8, 4) is 0 Å². The van der Waals surface area contributed by atoms with Crippen molar-refractivity contribution in [2.75, 3.05) is 5.43 Å². The van der Waals surface area contributed by atoms with Crippen molar-refractivity contribution in [2.45, 2.75) is 13.5 Å². The van der Waals surface area contributed by atoms with Crippen molar-refractivity contribution in [1.82, 2.24) is 10.5 Å². The largest absolute Gasteiger partial charge is 0.359 e. The number of nitrogens with zero attached hydrogens (tertiary/aromatic N) is 2. The molecule has 9 nitrogen and oxygen atoms in total. The summed E-state index contributed by atoms with van der Waals surface area (Å²) < 4.78 is 4.95. The van der Waals surface area contributed by atoms with Crippen LogP contribution in [0.15, 0.2) is 28.8 Å². The van der Waals surface area contributed by atoms with Gasteiger partial charge in [-0.1, -0.05) is 5.16 Å². The van der Waals surface area contributed by atoms with Crippen LogP contribution in [0.5, 0.6) is 0 Å². The van der Waals surface area contributed by atoms with Crippen LogP contribution in [0, 0.1) is 17.0 Å². The number of carbonyl (C=O) groups excluding carboxylic acids is 1. The van der Waals surface area contributed by atoms with Crippen LogP contribution in [0.2, 0.25) is 0 Å². The van der Waals surface area contributed by atoms with E-state index in [0.717, 1.165) is 6.07 Å². The number of nitrogens with one attached hydrogen (secondary N) is 2. The number of hydrazine groups is 1. The highest BCUT2D eigenvalue weighted by Crippen LogP contribution is 2.24. The Morgan fingerprint density at radius 1 is 1.48 bits per heavy atom. The van der Waals surface area contributed by atoms with Crippen molar-refractivity contribution in [2.24, 2.45) is 5.84 Å². The molecule has 110 valence electrons. The monoisotopic (exact) mass is 291 g/mol. The summed E-state index contributed by atoms with van der Waals surface area (Å²) in [6.45, 7) is 1.90. The summed E-state index contributed by atoms with van der Waals surface area (Å²) in [5, 5.41) is 17.2. The lowest BCUT2D eigenvalue weighted by molar-refractivity contribution is -0.384. The number of hydrogen-bond donors (Lipinski definition) is 3. The Balaban J connectivity index is 2.12. The third-order valence-corrected chi connectivity index (χ3v) is 2.71. The Hall–Kier alpha value is -2.94. The van der Waals surface area contributed by atoms with E-state index >= 15 is 0 Å². The number of benzene rings is 1. The van der Waals surface area contributed by atoms with Crippen molar-refractivity contribution < 1.29 is 14.2 Å². The summed E-state index contributed by atoms with van der Waals surface area (Å²) in [6.07, 6.45) is 0. The van der Waals surface area contributed by atoms with Crippen LogP contribution >= 0.6 is 0 Å². The molecule has 2 aromatic rings. The molecule has 0 spiro atoms. The number of nitro groups is 1. The van der Waals surface area contributed by atoms with Crippen LogP contribution in [0.25, 0.3) is 0 Å². The lowest BCUT2D eigenvalue weighted by Crippen LogP contribution is -2.22. The molecular formula is C12H13N5O4. The maximum Gasteiger partial charge on any atom is 0.294 e. The molecule has 0 fully saturated rings. The van der Waals surface area contributed by atoms with E-state index in [-0.39, 0.29) is 23.5 Å². The van der Waals surface area contributed by atoms with Crippen LogP contribution in [-0.2, 0) is 6.54 Å². The Kier molecular flexibility index (Phi) is 4.14. The molecule has 0 saturated heterocycles. The van der Waals surface area contributed by atoms with E-state index in [1.54, 1.807) is 13.0 Å². The van der Waals surface area contributed by atoms with E-state index in [0.29, 0.717) is 11.5 Å². The molecular weight excluding hydrogens is 278 g/mol. The first kappa shape index (κ1) is 14.5. The average molecular weight is 291 g/mol. The molecule has 0 saturated carbocycles. The number of amides is 1. The zero-order valence-corrected chi connectivity index (χ0v) is 11.1. The number of carbonyl (C=O) groups is 1. The van der Waals surface area contributed by atoms with E-state index < -0.39 is 10.8 Å². The average Bonchev–Trinajstić information content (AvgIpc) is 2.89. The van der Waals surface area contributed by atoms with Gasteiger partial charge in [0.05, 0.1) is 17.2 Å². The number of anilines is 1.